The van der Waals surface area contributed by atoms with Crippen molar-refractivity contribution in [1.82, 2.24) is 19.9 Å². The summed E-state index contributed by atoms with van der Waals surface area (Å²) in [4.78, 5) is 17.3. The van der Waals surface area contributed by atoms with E-state index in [2.05, 4.69) is 31.7 Å². The first-order valence-electron chi connectivity index (χ1n) is 7.50. The fraction of sp³-hybridized carbons (Fsp3) is 0.438. The molecular formula is C16H20FN5. The van der Waals surface area contributed by atoms with Crippen LogP contribution in [0.25, 0.3) is 0 Å². The van der Waals surface area contributed by atoms with E-state index < -0.39 is 0 Å². The maximum Gasteiger partial charge on any atom is 0.146 e. The second kappa shape index (κ2) is 6.36. The number of nitrogens with zero attached hydrogens (tertiary/aromatic N) is 5. The van der Waals surface area contributed by atoms with E-state index >= 15 is 0 Å². The number of rotatable bonds is 3. The van der Waals surface area contributed by atoms with Gasteiger partial charge in [-0.25, -0.2) is 14.4 Å². The smallest absolute Gasteiger partial charge is 0.146 e. The first kappa shape index (κ1) is 14.8. The van der Waals surface area contributed by atoms with E-state index in [1.165, 1.54) is 6.07 Å². The number of aryl methyl sites for hydroxylation is 1. The molecule has 6 heteroatoms. The van der Waals surface area contributed by atoms with Crippen molar-refractivity contribution in [3.05, 3.63) is 47.4 Å². The molecule has 0 unspecified atom stereocenters. The van der Waals surface area contributed by atoms with Crippen LogP contribution in [0.5, 0.6) is 0 Å². The number of aromatic nitrogens is 3. The van der Waals surface area contributed by atoms with Gasteiger partial charge < -0.3 is 4.90 Å². The van der Waals surface area contributed by atoms with Crippen LogP contribution in [0.2, 0.25) is 0 Å². The van der Waals surface area contributed by atoms with Gasteiger partial charge in [-0.3, -0.25) is 9.88 Å². The van der Waals surface area contributed by atoms with Crippen LogP contribution in [0.1, 0.15) is 17.0 Å². The Labute approximate surface area is 129 Å². The Bertz CT molecular complexity index is 653. The average Bonchev–Trinajstić information content (AvgIpc) is 2.53. The highest BCUT2D eigenvalue weighted by molar-refractivity contribution is 5.47. The van der Waals surface area contributed by atoms with Gasteiger partial charge in [0.15, 0.2) is 0 Å². The van der Waals surface area contributed by atoms with Gasteiger partial charge in [-0.2, -0.15) is 0 Å². The van der Waals surface area contributed by atoms with Gasteiger partial charge in [0, 0.05) is 50.2 Å². The second-order valence-corrected chi connectivity index (χ2v) is 5.60. The molecule has 0 atom stereocenters. The molecule has 0 aromatic carbocycles. The van der Waals surface area contributed by atoms with Crippen LogP contribution >= 0.6 is 0 Å². The van der Waals surface area contributed by atoms with Gasteiger partial charge in [-0.1, -0.05) is 0 Å². The minimum absolute atomic E-state index is 0.229. The zero-order chi connectivity index (χ0) is 15.5. The highest BCUT2D eigenvalue weighted by Gasteiger charge is 2.21. The normalized spacial score (nSPS) is 16.0. The van der Waals surface area contributed by atoms with Gasteiger partial charge in [-0.05, 0) is 26.0 Å². The molecule has 0 aliphatic carbocycles. The Balaban J connectivity index is 1.63. The summed E-state index contributed by atoms with van der Waals surface area (Å²) in [5.74, 6) is 0.781. The molecule has 0 radical (unpaired) electrons. The lowest BCUT2D eigenvalue weighted by molar-refractivity contribution is 0.243. The molecule has 0 saturated carbocycles. The lowest BCUT2D eigenvalue weighted by Crippen LogP contribution is -2.46. The Morgan fingerprint density at radius 3 is 2.59 bits per heavy atom. The molecule has 0 N–H and O–H groups in total. The Hall–Kier alpha value is -2.08. The molecule has 3 heterocycles. The van der Waals surface area contributed by atoms with Crippen molar-refractivity contribution in [2.75, 3.05) is 31.1 Å². The van der Waals surface area contributed by atoms with Crippen molar-refractivity contribution in [1.29, 1.82) is 0 Å². The van der Waals surface area contributed by atoms with Gasteiger partial charge in [0.05, 0.1) is 5.69 Å². The van der Waals surface area contributed by atoms with E-state index in [-0.39, 0.29) is 5.82 Å². The van der Waals surface area contributed by atoms with Crippen LogP contribution in [-0.2, 0) is 6.54 Å². The van der Waals surface area contributed by atoms with Crippen molar-refractivity contribution in [2.24, 2.45) is 0 Å². The fourth-order valence-electron chi connectivity index (χ4n) is 2.71. The van der Waals surface area contributed by atoms with Crippen molar-refractivity contribution >= 4 is 5.82 Å². The monoisotopic (exact) mass is 301 g/mol. The maximum absolute atomic E-state index is 13.7. The lowest BCUT2D eigenvalue weighted by Gasteiger charge is -2.35. The van der Waals surface area contributed by atoms with Crippen LogP contribution < -0.4 is 4.90 Å². The van der Waals surface area contributed by atoms with E-state index in [4.69, 9.17) is 0 Å². The highest BCUT2D eigenvalue weighted by Crippen LogP contribution is 2.20. The molecule has 22 heavy (non-hydrogen) atoms. The molecule has 2 aromatic rings. The molecule has 1 saturated heterocycles. The molecular weight excluding hydrogens is 281 g/mol. The molecule has 116 valence electrons. The van der Waals surface area contributed by atoms with E-state index in [1.807, 2.05) is 6.92 Å². The van der Waals surface area contributed by atoms with E-state index in [9.17, 15) is 4.39 Å². The number of piperazine rings is 1. The second-order valence-electron chi connectivity index (χ2n) is 5.60. The maximum atomic E-state index is 13.7. The van der Waals surface area contributed by atoms with Crippen LogP contribution in [0.3, 0.4) is 0 Å². The van der Waals surface area contributed by atoms with Gasteiger partial charge >= 0.3 is 0 Å². The number of halogens is 1. The van der Waals surface area contributed by atoms with Gasteiger partial charge in [0.25, 0.3) is 0 Å². The molecule has 3 rings (SSSR count). The topological polar surface area (TPSA) is 45.2 Å². The molecule has 1 aliphatic heterocycles. The Kier molecular flexibility index (Phi) is 4.29. The van der Waals surface area contributed by atoms with Crippen LogP contribution in [0.15, 0.2) is 24.7 Å². The summed E-state index contributed by atoms with van der Waals surface area (Å²) in [6.45, 7) is 8.12. The Morgan fingerprint density at radius 1 is 1.09 bits per heavy atom. The van der Waals surface area contributed by atoms with Crippen molar-refractivity contribution < 1.29 is 4.39 Å². The summed E-state index contributed by atoms with van der Waals surface area (Å²) >= 11 is 0. The standard InChI is InChI=1S/C16H20FN5/c1-12-13(2)19-11-20-16(12)22-8-6-21(7-9-22)10-15-14(17)4-3-5-18-15/h3-5,11H,6-10H2,1-2H3. The molecule has 1 aliphatic rings. The fourth-order valence-corrected chi connectivity index (χ4v) is 2.71. The van der Waals surface area contributed by atoms with E-state index in [0.29, 0.717) is 12.2 Å². The average molecular weight is 301 g/mol. The lowest BCUT2D eigenvalue weighted by atomic mass is 10.2. The first-order chi connectivity index (χ1) is 10.6. The number of pyridine rings is 1. The Morgan fingerprint density at radius 2 is 1.86 bits per heavy atom. The van der Waals surface area contributed by atoms with Gasteiger partial charge in [-0.15, -0.1) is 0 Å². The number of hydrogen-bond donors (Lipinski definition) is 0. The SMILES string of the molecule is Cc1ncnc(N2CCN(Cc3ncccc3F)CC2)c1C. The molecule has 5 nitrogen and oxygen atoms in total. The first-order valence-corrected chi connectivity index (χ1v) is 7.50. The third-order valence-corrected chi connectivity index (χ3v) is 4.19. The predicted molar refractivity (Wildman–Crippen MR) is 83.2 cm³/mol. The summed E-state index contributed by atoms with van der Waals surface area (Å²) in [6.07, 6.45) is 3.26. The van der Waals surface area contributed by atoms with Crippen LogP contribution in [0.4, 0.5) is 10.2 Å². The quantitative estimate of drug-likeness (QED) is 0.867. The molecule has 2 aromatic heterocycles. The third-order valence-electron chi connectivity index (χ3n) is 4.19. The number of hydrogen-bond acceptors (Lipinski definition) is 5. The van der Waals surface area contributed by atoms with E-state index in [0.717, 1.165) is 43.3 Å². The summed E-state index contributed by atoms with van der Waals surface area (Å²) < 4.78 is 13.7. The van der Waals surface area contributed by atoms with Crippen molar-refractivity contribution in [3.8, 4) is 0 Å². The van der Waals surface area contributed by atoms with Crippen molar-refractivity contribution in [2.45, 2.75) is 20.4 Å². The van der Waals surface area contributed by atoms with Crippen molar-refractivity contribution in [3.63, 3.8) is 0 Å². The third kappa shape index (κ3) is 3.06. The zero-order valence-corrected chi connectivity index (χ0v) is 13.0. The summed E-state index contributed by atoms with van der Waals surface area (Å²) in [5.41, 5.74) is 2.67. The number of anilines is 1. The molecule has 0 amide bonds. The molecule has 1 fully saturated rings. The minimum Gasteiger partial charge on any atom is -0.354 e. The minimum atomic E-state index is -0.229. The zero-order valence-electron chi connectivity index (χ0n) is 13.0. The van der Waals surface area contributed by atoms with Gasteiger partial charge in [0.1, 0.15) is 18.0 Å². The van der Waals surface area contributed by atoms with Crippen LogP contribution in [-0.4, -0.2) is 46.0 Å². The summed E-state index contributed by atoms with van der Waals surface area (Å²) in [6, 6.07) is 3.09. The highest BCUT2D eigenvalue weighted by atomic mass is 19.1. The van der Waals surface area contributed by atoms with Gasteiger partial charge in [0.2, 0.25) is 0 Å². The largest absolute Gasteiger partial charge is 0.354 e. The van der Waals surface area contributed by atoms with E-state index in [1.54, 1.807) is 18.6 Å². The summed E-state index contributed by atoms with van der Waals surface area (Å²) in [7, 11) is 0. The predicted octanol–water partition coefficient (Wildman–Crippen LogP) is 1.95. The molecule has 0 bridgehead atoms. The summed E-state index contributed by atoms with van der Waals surface area (Å²) in [5, 5.41) is 0. The molecule has 0 spiro atoms. The van der Waals surface area contributed by atoms with Crippen LogP contribution in [0, 0.1) is 19.7 Å².